The highest BCUT2D eigenvalue weighted by Gasteiger charge is 2.15. The molecule has 5 heteroatoms. The van der Waals surface area contributed by atoms with E-state index in [9.17, 15) is 4.79 Å². The van der Waals surface area contributed by atoms with Gasteiger partial charge in [0.2, 0.25) is 5.91 Å². The lowest BCUT2D eigenvalue weighted by atomic mass is 10.1. The molecule has 1 N–H and O–H groups in total. The maximum atomic E-state index is 12.0. The second-order valence-corrected chi connectivity index (χ2v) is 5.22. The van der Waals surface area contributed by atoms with Crippen LogP contribution in [0.25, 0.3) is 0 Å². The maximum Gasteiger partial charge on any atom is 0.224 e. The molecule has 2 rings (SSSR count). The van der Waals surface area contributed by atoms with Gasteiger partial charge in [0.05, 0.1) is 20.3 Å². The summed E-state index contributed by atoms with van der Waals surface area (Å²) in [7, 11) is 1.68. The molecule has 0 atom stereocenters. The van der Waals surface area contributed by atoms with Crippen molar-refractivity contribution in [2.75, 3.05) is 40.0 Å². The summed E-state index contributed by atoms with van der Waals surface area (Å²) in [5.41, 5.74) is 2.33. The summed E-state index contributed by atoms with van der Waals surface area (Å²) in [5, 5.41) is 3.32. The highest BCUT2D eigenvalue weighted by molar-refractivity contribution is 5.76. The van der Waals surface area contributed by atoms with Gasteiger partial charge >= 0.3 is 0 Å². The predicted molar refractivity (Wildman–Crippen MR) is 81.5 cm³/mol. The van der Waals surface area contributed by atoms with Crippen LogP contribution in [0.15, 0.2) is 18.2 Å². The Morgan fingerprint density at radius 1 is 1.38 bits per heavy atom. The molecule has 1 fully saturated rings. The normalized spacial score (nSPS) is 15.0. The van der Waals surface area contributed by atoms with Gasteiger partial charge in [0.15, 0.2) is 0 Å². The fourth-order valence-corrected chi connectivity index (χ4v) is 2.45. The van der Waals surface area contributed by atoms with Crippen LogP contribution in [0.1, 0.15) is 17.5 Å². The van der Waals surface area contributed by atoms with E-state index >= 15 is 0 Å². The van der Waals surface area contributed by atoms with Gasteiger partial charge in [-0.2, -0.15) is 0 Å². The van der Waals surface area contributed by atoms with Crippen molar-refractivity contribution >= 4 is 5.91 Å². The third kappa shape index (κ3) is 4.72. The monoisotopic (exact) mass is 292 g/mol. The zero-order valence-electron chi connectivity index (χ0n) is 12.9. The number of aryl methyl sites for hydroxylation is 1. The average Bonchev–Trinajstić information content (AvgIpc) is 2.52. The summed E-state index contributed by atoms with van der Waals surface area (Å²) in [6.45, 7) is 6.24. The molecular formula is C16H24N2O3. The van der Waals surface area contributed by atoms with Gasteiger partial charge < -0.3 is 19.7 Å². The van der Waals surface area contributed by atoms with Crippen molar-refractivity contribution in [2.24, 2.45) is 0 Å². The minimum Gasteiger partial charge on any atom is -0.496 e. The SMILES string of the molecule is COc1ccc(CNCCC(=O)N2CCOCC2)cc1C. The van der Waals surface area contributed by atoms with Crippen LogP contribution in [0.3, 0.4) is 0 Å². The number of amides is 1. The van der Waals surface area contributed by atoms with Crippen LogP contribution >= 0.6 is 0 Å². The second-order valence-electron chi connectivity index (χ2n) is 5.22. The van der Waals surface area contributed by atoms with Crippen molar-refractivity contribution in [3.8, 4) is 5.75 Å². The van der Waals surface area contributed by atoms with Gasteiger partial charge in [0.1, 0.15) is 5.75 Å². The molecule has 1 aromatic rings. The van der Waals surface area contributed by atoms with Gasteiger partial charge in [-0.05, 0) is 24.1 Å². The van der Waals surface area contributed by atoms with Crippen LogP contribution in [-0.4, -0.2) is 50.8 Å². The number of morpholine rings is 1. The van der Waals surface area contributed by atoms with Crippen LogP contribution in [0.5, 0.6) is 5.75 Å². The van der Waals surface area contributed by atoms with Crippen LogP contribution < -0.4 is 10.1 Å². The average molecular weight is 292 g/mol. The van der Waals surface area contributed by atoms with E-state index in [2.05, 4.69) is 11.4 Å². The molecular weight excluding hydrogens is 268 g/mol. The van der Waals surface area contributed by atoms with Gasteiger partial charge in [0, 0.05) is 32.6 Å². The summed E-state index contributed by atoms with van der Waals surface area (Å²) in [6, 6.07) is 6.13. The Kier molecular flexibility index (Phi) is 6.02. The van der Waals surface area contributed by atoms with Crippen LogP contribution in [0.4, 0.5) is 0 Å². The number of nitrogens with one attached hydrogen (secondary N) is 1. The molecule has 0 bridgehead atoms. The minimum atomic E-state index is 0.205. The third-order valence-electron chi connectivity index (χ3n) is 3.67. The molecule has 0 radical (unpaired) electrons. The first kappa shape index (κ1) is 15.8. The molecule has 1 amide bonds. The first-order valence-electron chi connectivity index (χ1n) is 7.40. The minimum absolute atomic E-state index is 0.205. The molecule has 1 aliphatic rings. The Hall–Kier alpha value is -1.59. The molecule has 0 aromatic heterocycles. The van der Waals surface area contributed by atoms with E-state index in [0.29, 0.717) is 26.2 Å². The Bertz CT molecular complexity index is 471. The number of methoxy groups -OCH3 is 1. The quantitative estimate of drug-likeness (QED) is 0.804. The Morgan fingerprint density at radius 3 is 2.81 bits per heavy atom. The molecule has 1 saturated heterocycles. The predicted octanol–water partition coefficient (Wildman–Crippen LogP) is 1.34. The van der Waals surface area contributed by atoms with E-state index in [1.54, 1.807) is 7.11 Å². The zero-order chi connectivity index (χ0) is 15.1. The van der Waals surface area contributed by atoms with E-state index in [0.717, 1.165) is 30.9 Å². The number of carbonyl (C=O) groups excluding carboxylic acids is 1. The summed E-state index contributed by atoms with van der Waals surface area (Å²) in [4.78, 5) is 13.8. The van der Waals surface area contributed by atoms with Crippen molar-refractivity contribution in [2.45, 2.75) is 19.9 Å². The van der Waals surface area contributed by atoms with Crippen molar-refractivity contribution in [3.63, 3.8) is 0 Å². The number of benzene rings is 1. The smallest absolute Gasteiger partial charge is 0.224 e. The van der Waals surface area contributed by atoms with Gasteiger partial charge in [-0.3, -0.25) is 4.79 Å². The molecule has 21 heavy (non-hydrogen) atoms. The van der Waals surface area contributed by atoms with Crippen molar-refractivity contribution in [1.29, 1.82) is 0 Å². The van der Waals surface area contributed by atoms with E-state index in [1.165, 1.54) is 5.56 Å². The Labute approximate surface area is 126 Å². The molecule has 5 nitrogen and oxygen atoms in total. The standard InChI is InChI=1S/C16H24N2O3/c1-13-11-14(3-4-15(13)20-2)12-17-6-5-16(19)18-7-9-21-10-8-18/h3-4,11,17H,5-10,12H2,1-2H3. The van der Waals surface area contributed by atoms with E-state index in [1.807, 2.05) is 24.0 Å². The van der Waals surface area contributed by atoms with Gasteiger partial charge in [-0.25, -0.2) is 0 Å². The van der Waals surface area contributed by atoms with Gasteiger partial charge in [-0.15, -0.1) is 0 Å². The molecule has 0 aliphatic carbocycles. The van der Waals surface area contributed by atoms with E-state index in [4.69, 9.17) is 9.47 Å². The molecule has 0 saturated carbocycles. The molecule has 1 heterocycles. The molecule has 0 spiro atoms. The molecule has 0 unspecified atom stereocenters. The summed E-state index contributed by atoms with van der Waals surface area (Å²) in [6.07, 6.45) is 0.537. The Morgan fingerprint density at radius 2 is 2.14 bits per heavy atom. The largest absolute Gasteiger partial charge is 0.496 e. The molecule has 1 aromatic carbocycles. The number of ether oxygens (including phenoxy) is 2. The van der Waals surface area contributed by atoms with Crippen molar-refractivity contribution in [3.05, 3.63) is 29.3 Å². The number of hydrogen-bond donors (Lipinski definition) is 1. The number of carbonyl (C=O) groups is 1. The summed E-state index contributed by atoms with van der Waals surface area (Å²) in [5.74, 6) is 1.11. The zero-order valence-corrected chi connectivity index (χ0v) is 12.9. The number of nitrogens with zero attached hydrogens (tertiary/aromatic N) is 1. The van der Waals surface area contributed by atoms with Gasteiger partial charge in [-0.1, -0.05) is 12.1 Å². The number of rotatable bonds is 6. The van der Waals surface area contributed by atoms with Crippen molar-refractivity contribution in [1.82, 2.24) is 10.2 Å². The third-order valence-corrected chi connectivity index (χ3v) is 3.67. The van der Waals surface area contributed by atoms with E-state index < -0.39 is 0 Å². The topological polar surface area (TPSA) is 50.8 Å². The Balaban J connectivity index is 1.69. The summed E-state index contributed by atoms with van der Waals surface area (Å²) >= 11 is 0. The highest BCUT2D eigenvalue weighted by Crippen LogP contribution is 2.18. The molecule has 1 aliphatic heterocycles. The lowest BCUT2D eigenvalue weighted by Gasteiger charge is -2.26. The fraction of sp³-hybridized carbons (Fsp3) is 0.562. The maximum absolute atomic E-state index is 12.0. The van der Waals surface area contributed by atoms with Crippen molar-refractivity contribution < 1.29 is 14.3 Å². The molecule has 116 valence electrons. The van der Waals surface area contributed by atoms with Crippen LogP contribution in [0.2, 0.25) is 0 Å². The van der Waals surface area contributed by atoms with Crippen LogP contribution in [0, 0.1) is 6.92 Å². The fourth-order valence-electron chi connectivity index (χ4n) is 2.45. The number of hydrogen-bond acceptors (Lipinski definition) is 4. The van der Waals surface area contributed by atoms with E-state index in [-0.39, 0.29) is 5.91 Å². The first-order valence-corrected chi connectivity index (χ1v) is 7.40. The second kappa shape index (κ2) is 8.00. The van der Waals surface area contributed by atoms with Gasteiger partial charge in [0.25, 0.3) is 0 Å². The lowest BCUT2D eigenvalue weighted by Crippen LogP contribution is -2.41. The summed E-state index contributed by atoms with van der Waals surface area (Å²) < 4.78 is 10.5. The lowest BCUT2D eigenvalue weighted by molar-refractivity contribution is -0.135. The van der Waals surface area contributed by atoms with Crippen LogP contribution in [-0.2, 0) is 16.1 Å². The highest BCUT2D eigenvalue weighted by atomic mass is 16.5. The first-order chi connectivity index (χ1) is 10.2.